The van der Waals surface area contributed by atoms with Gasteiger partial charge in [-0.2, -0.15) is 0 Å². The first-order chi connectivity index (χ1) is 9.86. The van der Waals surface area contributed by atoms with Crippen molar-refractivity contribution in [2.75, 3.05) is 32.8 Å². The minimum Gasteiger partial charge on any atom is -0.493 e. The van der Waals surface area contributed by atoms with Crippen LogP contribution in [0.4, 0.5) is 0 Å². The quantitative estimate of drug-likeness (QED) is 0.913. The van der Waals surface area contributed by atoms with Crippen molar-refractivity contribution in [2.24, 2.45) is 0 Å². The number of ether oxygens (including phenoxy) is 1. The van der Waals surface area contributed by atoms with Crippen molar-refractivity contribution < 1.29 is 4.74 Å². The minimum atomic E-state index is 0.649. The van der Waals surface area contributed by atoms with Crippen molar-refractivity contribution in [1.82, 2.24) is 10.2 Å². The third-order valence-electron chi connectivity index (χ3n) is 4.64. The Balaban J connectivity index is 1.57. The lowest BCUT2D eigenvalue weighted by molar-refractivity contribution is 0.170. The lowest BCUT2D eigenvalue weighted by Crippen LogP contribution is -2.44. The first-order valence-corrected chi connectivity index (χ1v) is 8.04. The molecular weight excluding hydrogens is 248 g/mol. The number of para-hydroxylation sites is 1. The molecule has 1 fully saturated rings. The summed E-state index contributed by atoms with van der Waals surface area (Å²) in [6.45, 7) is 7.83. The molecule has 1 atom stereocenters. The summed E-state index contributed by atoms with van der Waals surface area (Å²) in [4.78, 5) is 2.64. The van der Waals surface area contributed by atoms with Crippen LogP contribution < -0.4 is 10.1 Å². The predicted octanol–water partition coefficient (Wildman–Crippen LogP) is 2.63. The van der Waals surface area contributed by atoms with Crippen LogP contribution >= 0.6 is 0 Å². The van der Waals surface area contributed by atoms with Crippen LogP contribution in [0, 0.1) is 0 Å². The van der Waals surface area contributed by atoms with Crippen LogP contribution in [0.15, 0.2) is 24.3 Å². The van der Waals surface area contributed by atoms with E-state index in [1.54, 1.807) is 0 Å². The third-order valence-corrected chi connectivity index (χ3v) is 4.64. The molecule has 3 rings (SSSR count). The largest absolute Gasteiger partial charge is 0.493 e. The van der Waals surface area contributed by atoms with E-state index in [1.165, 1.54) is 38.0 Å². The second kappa shape index (κ2) is 6.59. The van der Waals surface area contributed by atoms with Gasteiger partial charge in [0, 0.05) is 18.5 Å². The number of nitrogens with one attached hydrogen (secondary N) is 1. The zero-order valence-corrected chi connectivity index (χ0v) is 12.5. The Morgan fingerprint density at radius 1 is 1.20 bits per heavy atom. The van der Waals surface area contributed by atoms with Gasteiger partial charge in [-0.3, -0.25) is 0 Å². The number of likely N-dealkylation sites (tertiary alicyclic amines) is 1. The second-order valence-corrected chi connectivity index (χ2v) is 6.00. The Hall–Kier alpha value is -1.06. The number of piperidine rings is 1. The number of hydrogen-bond acceptors (Lipinski definition) is 3. The van der Waals surface area contributed by atoms with Crippen LogP contribution in [0.5, 0.6) is 5.75 Å². The highest BCUT2D eigenvalue weighted by atomic mass is 16.5. The average molecular weight is 274 g/mol. The first kappa shape index (κ1) is 13.9. The van der Waals surface area contributed by atoms with Gasteiger partial charge in [0.25, 0.3) is 0 Å². The lowest BCUT2D eigenvalue weighted by Gasteiger charge is -2.36. The molecule has 1 aromatic carbocycles. The predicted molar refractivity (Wildman–Crippen MR) is 82.4 cm³/mol. The second-order valence-electron chi connectivity index (χ2n) is 6.00. The summed E-state index contributed by atoms with van der Waals surface area (Å²) in [6.07, 6.45) is 3.74. The maximum absolute atomic E-state index is 5.76. The van der Waals surface area contributed by atoms with Crippen LogP contribution in [0.25, 0.3) is 0 Å². The summed E-state index contributed by atoms with van der Waals surface area (Å²) < 4.78 is 5.76. The van der Waals surface area contributed by atoms with E-state index >= 15 is 0 Å². The van der Waals surface area contributed by atoms with E-state index in [-0.39, 0.29) is 0 Å². The van der Waals surface area contributed by atoms with E-state index in [0.29, 0.717) is 5.92 Å². The van der Waals surface area contributed by atoms with Gasteiger partial charge in [0.2, 0.25) is 0 Å². The van der Waals surface area contributed by atoms with Crippen molar-refractivity contribution >= 4 is 0 Å². The molecular formula is C17H26N2O. The lowest BCUT2D eigenvalue weighted by atomic mass is 9.91. The Morgan fingerprint density at radius 2 is 2.00 bits per heavy atom. The minimum absolute atomic E-state index is 0.649. The van der Waals surface area contributed by atoms with Gasteiger partial charge in [-0.25, -0.2) is 0 Å². The first-order valence-electron chi connectivity index (χ1n) is 8.04. The Bertz CT molecular complexity index is 427. The van der Waals surface area contributed by atoms with Crippen molar-refractivity contribution in [3.63, 3.8) is 0 Å². The van der Waals surface area contributed by atoms with E-state index < -0.39 is 0 Å². The molecule has 1 N–H and O–H groups in total. The fraction of sp³-hybridized carbons (Fsp3) is 0.647. The monoisotopic (exact) mass is 274 g/mol. The smallest absolute Gasteiger partial charge is 0.122 e. The standard InChI is InChI=1S/C17H26N2O/c1-2-18-15-7-10-19(11-8-15)13-14-9-12-20-17-6-4-3-5-16(14)17/h3-6,14-15,18H,2,7-13H2,1H3. The van der Waals surface area contributed by atoms with Gasteiger partial charge in [-0.05, 0) is 50.5 Å². The van der Waals surface area contributed by atoms with Crippen molar-refractivity contribution in [2.45, 2.75) is 38.1 Å². The van der Waals surface area contributed by atoms with Gasteiger partial charge in [0.1, 0.15) is 5.75 Å². The van der Waals surface area contributed by atoms with Crippen LogP contribution in [-0.2, 0) is 0 Å². The van der Waals surface area contributed by atoms with Gasteiger partial charge in [-0.15, -0.1) is 0 Å². The molecule has 2 heterocycles. The summed E-state index contributed by atoms with van der Waals surface area (Å²) in [5.41, 5.74) is 1.41. The molecule has 2 aliphatic rings. The molecule has 0 amide bonds. The normalized spacial score (nSPS) is 24.1. The van der Waals surface area contributed by atoms with Gasteiger partial charge in [0.15, 0.2) is 0 Å². The van der Waals surface area contributed by atoms with E-state index in [1.807, 2.05) is 0 Å². The number of rotatable bonds is 4. The number of hydrogen-bond donors (Lipinski definition) is 1. The van der Waals surface area contributed by atoms with Crippen LogP contribution in [0.3, 0.4) is 0 Å². The summed E-state index contributed by atoms with van der Waals surface area (Å²) in [5, 5.41) is 3.58. The van der Waals surface area contributed by atoms with Gasteiger partial charge in [0.05, 0.1) is 6.61 Å². The van der Waals surface area contributed by atoms with E-state index in [4.69, 9.17) is 4.74 Å². The number of benzene rings is 1. The van der Waals surface area contributed by atoms with Crippen LogP contribution in [0.2, 0.25) is 0 Å². The molecule has 20 heavy (non-hydrogen) atoms. The highest BCUT2D eigenvalue weighted by Crippen LogP contribution is 2.34. The highest BCUT2D eigenvalue weighted by molar-refractivity contribution is 5.37. The van der Waals surface area contributed by atoms with Crippen molar-refractivity contribution in [3.8, 4) is 5.75 Å². The highest BCUT2D eigenvalue weighted by Gasteiger charge is 2.25. The Morgan fingerprint density at radius 3 is 2.80 bits per heavy atom. The molecule has 1 unspecified atom stereocenters. The zero-order chi connectivity index (χ0) is 13.8. The molecule has 1 saturated heterocycles. The summed E-state index contributed by atoms with van der Waals surface area (Å²) in [6, 6.07) is 9.29. The molecule has 2 aliphatic heterocycles. The van der Waals surface area contributed by atoms with Gasteiger partial charge in [-0.1, -0.05) is 25.1 Å². The van der Waals surface area contributed by atoms with Crippen LogP contribution in [0.1, 0.15) is 37.7 Å². The average Bonchev–Trinajstić information content (AvgIpc) is 2.50. The molecule has 0 radical (unpaired) electrons. The Labute approximate surface area is 122 Å². The molecule has 0 bridgehead atoms. The number of fused-ring (bicyclic) bond motifs is 1. The fourth-order valence-electron chi connectivity index (χ4n) is 3.53. The summed E-state index contributed by atoms with van der Waals surface area (Å²) in [7, 11) is 0. The molecule has 0 aliphatic carbocycles. The maximum atomic E-state index is 5.76. The fourth-order valence-corrected chi connectivity index (χ4v) is 3.53. The third kappa shape index (κ3) is 3.15. The van der Waals surface area contributed by atoms with E-state index in [2.05, 4.69) is 41.4 Å². The Kier molecular flexibility index (Phi) is 4.58. The molecule has 0 saturated carbocycles. The molecule has 3 heteroatoms. The van der Waals surface area contributed by atoms with Crippen molar-refractivity contribution in [3.05, 3.63) is 29.8 Å². The van der Waals surface area contributed by atoms with Gasteiger partial charge >= 0.3 is 0 Å². The van der Waals surface area contributed by atoms with Crippen molar-refractivity contribution in [1.29, 1.82) is 0 Å². The number of nitrogens with zero attached hydrogens (tertiary/aromatic N) is 1. The van der Waals surface area contributed by atoms with Gasteiger partial charge < -0.3 is 15.0 Å². The maximum Gasteiger partial charge on any atom is 0.122 e. The summed E-state index contributed by atoms with van der Waals surface area (Å²) in [5.74, 6) is 1.75. The SMILES string of the molecule is CCNC1CCN(CC2CCOc3ccccc32)CC1. The zero-order valence-electron chi connectivity index (χ0n) is 12.5. The molecule has 0 aromatic heterocycles. The molecule has 0 spiro atoms. The summed E-state index contributed by atoms with van der Waals surface area (Å²) >= 11 is 0. The van der Waals surface area contributed by atoms with Crippen LogP contribution in [-0.4, -0.2) is 43.7 Å². The molecule has 1 aromatic rings. The topological polar surface area (TPSA) is 24.5 Å². The van der Waals surface area contributed by atoms with E-state index in [0.717, 1.165) is 31.4 Å². The molecule has 110 valence electrons. The molecule has 3 nitrogen and oxygen atoms in total. The van der Waals surface area contributed by atoms with E-state index in [9.17, 15) is 0 Å².